The first kappa shape index (κ1) is 9.41. The molecule has 0 amide bonds. The zero-order chi connectivity index (χ0) is 9.84. The van der Waals surface area contributed by atoms with Crippen LogP contribution in [0.3, 0.4) is 0 Å². The van der Waals surface area contributed by atoms with Gasteiger partial charge in [-0.3, -0.25) is 5.41 Å². The Labute approximate surface area is 78.6 Å². The van der Waals surface area contributed by atoms with E-state index >= 15 is 0 Å². The molecule has 0 aliphatic rings. The van der Waals surface area contributed by atoms with Crippen molar-refractivity contribution in [3.63, 3.8) is 0 Å². The Balaban J connectivity index is 2.64. The van der Waals surface area contributed by atoms with Crippen LogP contribution in [0, 0.1) is 16.7 Å². The lowest BCUT2D eigenvalue weighted by atomic mass is 10.4. The van der Waals surface area contributed by atoms with Gasteiger partial charge in [-0.15, -0.1) is 0 Å². The van der Waals surface area contributed by atoms with E-state index in [9.17, 15) is 0 Å². The molecule has 1 heterocycles. The lowest BCUT2D eigenvalue weighted by Gasteiger charge is -2.06. The first-order chi connectivity index (χ1) is 6.13. The Morgan fingerprint density at radius 1 is 1.85 bits per heavy atom. The molecule has 13 heavy (non-hydrogen) atoms. The van der Waals surface area contributed by atoms with Gasteiger partial charge in [0, 0.05) is 11.5 Å². The van der Waals surface area contributed by atoms with Crippen molar-refractivity contribution in [2.75, 3.05) is 5.73 Å². The number of ether oxygens (including phenoxy) is 1. The third kappa shape index (κ3) is 2.38. The summed E-state index contributed by atoms with van der Waals surface area (Å²) in [5.74, 6) is -0.0663. The van der Waals surface area contributed by atoms with Crippen molar-refractivity contribution in [3.8, 4) is 6.07 Å². The minimum Gasteiger partial charge on any atom is -0.459 e. The first-order valence-electron chi connectivity index (χ1n) is 3.38. The molecule has 0 aromatic carbocycles. The molecule has 0 saturated carbocycles. The van der Waals surface area contributed by atoms with Crippen LogP contribution in [0.1, 0.15) is 18.9 Å². The molecule has 0 aliphatic heterocycles. The summed E-state index contributed by atoms with van der Waals surface area (Å²) in [7, 11) is 0. The number of aromatic nitrogens is 2. The SMILES string of the molecule is CC(OC(=N)C#N)c1nsc(N)n1. The smallest absolute Gasteiger partial charge is 0.288 e. The minimum atomic E-state index is -0.513. The van der Waals surface area contributed by atoms with E-state index in [0.29, 0.717) is 11.0 Å². The summed E-state index contributed by atoms with van der Waals surface area (Å²) < 4.78 is 8.72. The molecule has 0 aliphatic carbocycles. The van der Waals surface area contributed by atoms with Crippen LogP contribution in [-0.4, -0.2) is 15.3 Å². The van der Waals surface area contributed by atoms with Crippen molar-refractivity contribution in [1.29, 1.82) is 10.7 Å². The van der Waals surface area contributed by atoms with Gasteiger partial charge in [-0.25, -0.2) is 0 Å². The predicted octanol–water partition coefficient (Wildman–Crippen LogP) is 0.699. The Morgan fingerprint density at radius 3 is 3.00 bits per heavy atom. The average Bonchev–Trinajstić information content (AvgIpc) is 2.51. The van der Waals surface area contributed by atoms with Crippen molar-refractivity contribution in [3.05, 3.63) is 5.82 Å². The normalized spacial score (nSPS) is 11.7. The number of hydrogen-bond acceptors (Lipinski definition) is 7. The second kappa shape index (κ2) is 3.82. The third-order valence-electron chi connectivity index (χ3n) is 1.22. The number of nitrogens with two attached hydrogens (primary N) is 1. The maximum atomic E-state index is 8.27. The molecule has 0 fully saturated rings. The van der Waals surface area contributed by atoms with Gasteiger partial charge in [0.05, 0.1) is 0 Å². The summed E-state index contributed by atoms with van der Waals surface area (Å²) >= 11 is 1.05. The van der Waals surface area contributed by atoms with E-state index in [2.05, 4.69) is 9.36 Å². The highest BCUT2D eigenvalue weighted by Gasteiger charge is 2.13. The van der Waals surface area contributed by atoms with Crippen LogP contribution >= 0.6 is 11.5 Å². The summed E-state index contributed by atoms with van der Waals surface area (Å²) in [6, 6.07) is 1.55. The summed E-state index contributed by atoms with van der Waals surface area (Å²) in [5, 5.41) is 15.6. The van der Waals surface area contributed by atoms with Gasteiger partial charge in [0.2, 0.25) is 0 Å². The highest BCUT2D eigenvalue weighted by molar-refractivity contribution is 7.09. The van der Waals surface area contributed by atoms with Gasteiger partial charge in [0.25, 0.3) is 5.90 Å². The summed E-state index contributed by atoms with van der Waals surface area (Å²) in [6.07, 6.45) is -0.513. The molecule has 1 aromatic heterocycles. The van der Waals surface area contributed by atoms with Gasteiger partial charge < -0.3 is 10.5 Å². The van der Waals surface area contributed by atoms with Gasteiger partial charge in [-0.1, -0.05) is 0 Å². The van der Waals surface area contributed by atoms with Crippen molar-refractivity contribution < 1.29 is 4.74 Å². The first-order valence-corrected chi connectivity index (χ1v) is 4.15. The number of rotatable bonds is 2. The number of nitrogens with zero attached hydrogens (tertiary/aromatic N) is 3. The maximum absolute atomic E-state index is 8.27. The van der Waals surface area contributed by atoms with Crippen LogP contribution in [-0.2, 0) is 4.74 Å². The van der Waals surface area contributed by atoms with E-state index in [1.54, 1.807) is 13.0 Å². The quantitative estimate of drug-likeness (QED) is 0.535. The molecule has 3 N–H and O–H groups in total. The Kier molecular flexibility index (Phi) is 2.76. The van der Waals surface area contributed by atoms with Crippen LogP contribution in [0.5, 0.6) is 0 Å². The molecule has 1 unspecified atom stereocenters. The van der Waals surface area contributed by atoms with E-state index in [0.717, 1.165) is 11.5 Å². The Bertz CT molecular complexity index is 354. The Morgan fingerprint density at radius 2 is 2.54 bits per heavy atom. The van der Waals surface area contributed by atoms with Gasteiger partial charge in [-0.05, 0) is 6.92 Å². The predicted molar refractivity (Wildman–Crippen MR) is 47.2 cm³/mol. The summed E-state index contributed by atoms with van der Waals surface area (Å²) in [4.78, 5) is 3.85. The van der Waals surface area contributed by atoms with Crippen LogP contribution < -0.4 is 5.73 Å². The largest absolute Gasteiger partial charge is 0.459 e. The number of nitrogen functional groups attached to an aromatic ring is 1. The van der Waals surface area contributed by atoms with Crippen LogP contribution in [0.2, 0.25) is 0 Å². The molecule has 1 atom stereocenters. The van der Waals surface area contributed by atoms with Crippen molar-refractivity contribution in [2.45, 2.75) is 13.0 Å². The van der Waals surface area contributed by atoms with E-state index < -0.39 is 12.0 Å². The average molecular weight is 197 g/mol. The molecular formula is C6H7N5OS. The molecule has 7 heteroatoms. The monoisotopic (exact) mass is 197 g/mol. The second-order valence-electron chi connectivity index (χ2n) is 2.19. The number of nitriles is 1. The lowest BCUT2D eigenvalue weighted by Crippen LogP contribution is -2.07. The molecule has 1 rings (SSSR count). The fourth-order valence-corrected chi connectivity index (χ4v) is 1.18. The highest BCUT2D eigenvalue weighted by Crippen LogP contribution is 2.16. The molecular weight excluding hydrogens is 190 g/mol. The van der Waals surface area contributed by atoms with E-state index in [4.69, 9.17) is 21.1 Å². The fourth-order valence-electron chi connectivity index (χ4n) is 0.668. The van der Waals surface area contributed by atoms with Crippen molar-refractivity contribution in [2.24, 2.45) is 0 Å². The van der Waals surface area contributed by atoms with Crippen molar-refractivity contribution in [1.82, 2.24) is 9.36 Å². The van der Waals surface area contributed by atoms with E-state index in [1.165, 1.54) is 0 Å². The third-order valence-corrected chi connectivity index (χ3v) is 1.77. The lowest BCUT2D eigenvalue weighted by molar-refractivity contribution is 0.205. The van der Waals surface area contributed by atoms with Gasteiger partial charge in [0.15, 0.2) is 23.1 Å². The van der Waals surface area contributed by atoms with Crippen LogP contribution in [0.25, 0.3) is 0 Å². The zero-order valence-electron chi connectivity index (χ0n) is 6.81. The highest BCUT2D eigenvalue weighted by atomic mass is 32.1. The van der Waals surface area contributed by atoms with Gasteiger partial charge in [-0.2, -0.15) is 14.6 Å². The molecule has 0 bridgehead atoms. The molecule has 0 spiro atoms. The van der Waals surface area contributed by atoms with E-state index in [1.807, 2.05) is 0 Å². The maximum Gasteiger partial charge on any atom is 0.288 e. The summed E-state index contributed by atoms with van der Waals surface area (Å²) in [5.41, 5.74) is 5.35. The minimum absolute atomic E-state index is 0.342. The fraction of sp³-hybridized carbons (Fsp3) is 0.333. The van der Waals surface area contributed by atoms with Crippen LogP contribution in [0.4, 0.5) is 5.13 Å². The zero-order valence-corrected chi connectivity index (χ0v) is 7.63. The molecule has 1 aromatic rings. The van der Waals surface area contributed by atoms with E-state index in [-0.39, 0.29) is 0 Å². The van der Waals surface area contributed by atoms with Crippen molar-refractivity contribution >= 4 is 22.6 Å². The Hall–Kier alpha value is -1.68. The second-order valence-corrected chi connectivity index (χ2v) is 2.98. The molecule has 0 saturated heterocycles. The van der Waals surface area contributed by atoms with Gasteiger partial charge >= 0.3 is 0 Å². The number of nitrogens with one attached hydrogen (secondary N) is 1. The molecule has 0 radical (unpaired) electrons. The molecule has 68 valence electrons. The summed E-state index contributed by atoms with van der Waals surface area (Å²) in [6.45, 7) is 1.65. The molecule has 6 nitrogen and oxygen atoms in total. The van der Waals surface area contributed by atoms with Gasteiger partial charge in [0.1, 0.15) is 0 Å². The topological polar surface area (TPSA) is 109 Å². The van der Waals surface area contributed by atoms with Crippen LogP contribution in [0.15, 0.2) is 0 Å². The standard InChI is InChI=1S/C6H7N5OS/c1-3(12-4(8)2-7)5-10-6(9)13-11-5/h3,8H,1H3,(H2,9,10,11). The number of anilines is 1. The number of hydrogen-bond donors (Lipinski definition) is 2.